The highest BCUT2D eigenvalue weighted by Crippen LogP contribution is 2.36. The number of nitrogens with one attached hydrogen (secondary N) is 1. The number of hydrogen-bond acceptors (Lipinski definition) is 4. The van der Waals surface area contributed by atoms with Crippen molar-refractivity contribution in [3.63, 3.8) is 0 Å². The van der Waals surface area contributed by atoms with Crippen molar-refractivity contribution < 1.29 is 23.6 Å². The predicted octanol–water partition coefficient (Wildman–Crippen LogP) is 1.92. The summed E-state index contributed by atoms with van der Waals surface area (Å²) in [6.45, 7) is 8.10. The van der Waals surface area contributed by atoms with Crippen molar-refractivity contribution in [3.8, 4) is 0 Å². The van der Waals surface area contributed by atoms with E-state index in [4.69, 9.17) is 14.5 Å². The first-order chi connectivity index (χ1) is 8.99. The van der Waals surface area contributed by atoms with E-state index in [0.717, 1.165) is 52.0 Å². The van der Waals surface area contributed by atoms with E-state index >= 15 is 0 Å². The van der Waals surface area contributed by atoms with E-state index in [1.54, 1.807) is 0 Å². The summed E-state index contributed by atoms with van der Waals surface area (Å²) in [5, 5.41) is 3.16. The molecule has 1 fully saturated rings. The quantitative estimate of drug-likeness (QED) is 0.622. The normalized spacial score (nSPS) is 17.5. The highest BCUT2D eigenvalue weighted by atomic mass is 31.2. The summed E-state index contributed by atoms with van der Waals surface area (Å²) in [5.41, 5.74) is 0. The summed E-state index contributed by atoms with van der Waals surface area (Å²) in [7, 11) is -4.26. The number of phosphoric acid groups is 1. The van der Waals surface area contributed by atoms with Crippen molar-refractivity contribution in [2.24, 2.45) is 5.92 Å². The molecule has 1 saturated heterocycles. The number of ether oxygens (including phenoxy) is 1. The molecule has 19 heavy (non-hydrogen) atoms. The zero-order chi connectivity index (χ0) is 14.6. The van der Waals surface area contributed by atoms with Crippen LogP contribution in [0, 0.1) is 5.92 Å². The number of rotatable bonds is 7. The topological polar surface area (TPSA) is 88.0 Å². The summed E-state index contributed by atoms with van der Waals surface area (Å²) < 4.78 is 19.9. The van der Waals surface area contributed by atoms with Crippen LogP contribution >= 0.6 is 7.82 Å². The molecule has 1 rings (SSSR count). The third-order valence-corrected chi connectivity index (χ3v) is 3.35. The Kier molecular flexibility index (Phi) is 11.8. The van der Waals surface area contributed by atoms with Crippen LogP contribution in [0.4, 0.5) is 0 Å². The van der Waals surface area contributed by atoms with E-state index in [1.165, 1.54) is 0 Å². The lowest BCUT2D eigenvalue weighted by Gasteiger charge is -2.14. The molecule has 1 heterocycles. The van der Waals surface area contributed by atoms with Crippen LogP contribution in [-0.4, -0.2) is 42.7 Å². The average Bonchev–Trinajstić information content (AvgIpc) is 2.40. The molecule has 0 bridgehead atoms. The van der Waals surface area contributed by atoms with Gasteiger partial charge in [-0.2, -0.15) is 0 Å². The highest BCUT2D eigenvalue weighted by Gasteiger charge is 2.16. The number of morpholine rings is 1. The molecule has 1 unspecified atom stereocenters. The molecular formula is C12H28NO5P. The predicted molar refractivity (Wildman–Crippen MR) is 75.0 cm³/mol. The van der Waals surface area contributed by atoms with Gasteiger partial charge in [-0.1, -0.05) is 33.1 Å². The fraction of sp³-hybridized carbons (Fsp3) is 1.00. The standard InChI is InChI=1S/C8H19O4P.C4H9NO/c1-3-5-6-8(4-2)7-12-13(9,10)11;1-3-6-4-2-5-1/h8H,3-7H2,1-2H3,(H2,9,10,11);5H,1-4H2. The zero-order valence-corrected chi connectivity index (χ0v) is 12.9. The monoisotopic (exact) mass is 297 g/mol. The summed E-state index contributed by atoms with van der Waals surface area (Å²) in [4.78, 5) is 17.0. The van der Waals surface area contributed by atoms with Crippen molar-refractivity contribution in [1.82, 2.24) is 5.32 Å². The molecule has 0 radical (unpaired) electrons. The second kappa shape index (κ2) is 11.8. The van der Waals surface area contributed by atoms with Crippen LogP contribution in [0.1, 0.15) is 39.5 Å². The van der Waals surface area contributed by atoms with Crippen LogP contribution < -0.4 is 5.32 Å². The minimum absolute atomic E-state index is 0.167. The molecule has 1 aliphatic heterocycles. The Morgan fingerprint density at radius 3 is 2.26 bits per heavy atom. The molecule has 0 aliphatic carbocycles. The lowest BCUT2D eigenvalue weighted by molar-refractivity contribution is 0.109. The van der Waals surface area contributed by atoms with E-state index in [-0.39, 0.29) is 12.5 Å². The number of hydrogen-bond donors (Lipinski definition) is 3. The van der Waals surface area contributed by atoms with Gasteiger partial charge in [0.2, 0.25) is 0 Å². The van der Waals surface area contributed by atoms with E-state index in [1.807, 2.05) is 6.92 Å². The molecule has 0 spiro atoms. The maximum Gasteiger partial charge on any atom is 0.469 e. The smallest absolute Gasteiger partial charge is 0.379 e. The van der Waals surface area contributed by atoms with Crippen LogP contribution in [0.15, 0.2) is 0 Å². The van der Waals surface area contributed by atoms with Crippen LogP contribution in [0.2, 0.25) is 0 Å². The Balaban J connectivity index is 0.000000443. The third kappa shape index (κ3) is 14.3. The summed E-state index contributed by atoms with van der Waals surface area (Å²) in [5.74, 6) is 0.271. The minimum Gasteiger partial charge on any atom is -0.379 e. The van der Waals surface area contributed by atoms with Crippen molar-refractivity contribution in [2.75, 3.05) is 32.9 Å². The van der Waals surface area contributed by atoms with Gasteiger partial charge >= 0.3 is 7.82 Å². The molecule has 116 valence electrons. The van der Waals surface area contributed by atoms with Crippen LogP contribution in [-0.2, 0) is 13.8 Å². The highest BCUT2D eigenvalue weighted by molar-refractivity contribution is 7.46. The number of phosphoric ester groups is 1. The van der Waals surface area contributed by atoms with E-state index in [0.29, 0.717) is 0 Å². The third-order valence-electron chi connectivity index (χ3n) is 2.87. The maximum absolute atomic E-state index is 10.4. The van der Waals surface area contributed by atoms with Gasteiger partial charge in [0.15, 0.2) is 0 Å². The van der Waals surface area contributed by atoms with Crippen LogP contribution in [0.5, 0.6) is 0 Å². The Hall–Kier alpha value is 0.0300. The van der Waals surface area contributed by atoms with E-state index < -0.39 is 7.82 Å². The van der Waals surface area contributed by atoms with Crippen LogP contribution in [0.3, 0.4) is 0 Å². The van der Waals surface area contributed by atoms with Crippen molar-refractivity contribution in [3.05, 3.63) is 0 Å². The lowest BCUT2D eigenvalue weighted by atomic mass is 10.0. The van der Waals surface area contributed by atoms with Gasteiger partial charge in [-0.25, -0.2) is 4.57 Å². The van der Waals surface area contributed by atoms with Gasteiger partial charge in [-0.05, 0) is 12.3 Å². The lowest BCUT2D eigenvalue weighted by Crippen LogP contribution is -2.30. The maximum atomic E-state index is 10.4. The molecular weight excluding hydrogens is 269 g/mol. The average molecular weight is 297 g/mol. The summed E-state index contributed by atoms with van der Waals surface area (Å²) in [6.07, 6.45) is 4.07. The Bertz CT molecular complexity index is 231. The summed E-state index contributed by atoms with van der Waals surface area (Å²) in [6, 6.07) is 0. The minimum atomic E-state index is -4.26. The molecule has 1 aliphatic rings. The second-order valence-corrected chi connectivity index (χ2v) is 5.80. The molecule has 0 aromatic carbocycles. The Labute approximate surface area is 116 Å². The summed E-state index contributed by atoms with van der Waals surface area (Å²) >= 11 is 0. The van der Waals surface area contributed by atoms with Gasteiger partial charge in [-0.3, -0.25) is 4.52 Å². The van der Waals surface area contributed by atoms with Gasteiger partial charge in [-0.15, -0.1) is 0 Å². The largest absolute Gasteiger partial charge is 0.469 e. The van der Waals surface area contributed by atoms with E-state index in [9.17, 15) is 4.57 Å². The first kappa shape index (κ1) is 19.0. The van der Waals surface area contributed by atoms with Gasteiger partial charge < -0.3 is 19.8 Å². The molecule has 1 atom stereocenters. The Morgan fingerprint density at radius 1 is 1.32 bits per heavy atom. The molecule has 3 N–H and O–H groups in total. The van der Waals surface area contributed by atoms with Crippen molar-refractivity contribution in [2.45, 2.75) is 39.5 Å². The molecule has 0 aromatic heterocycles. The zero-order valence-electron chi connectivity index (χ0n) is 12.0. The molecule has 7 heteroatoms. The van der Waals surface area contributed by atoms with Crippen LogP contribution in [0.25, 0.3) is 0 Å². The SMILES string of the molecule is C1COCCN1.CCCCC(CC)COP(=O)(O)O. The molecule has 6 nitrogen and oxygen atoms in total. The van der Waals surface area contributed by atoms with Crippen molar-refractivity contribution >= 4 is 7.82 Å². The van der Waals surface area contributed by atoms with Gasteiger partial charge in [0.25, 0.3) is 0 Å². The second-order valence-electron chi connectivity index (χ2n) is 4.57. The number of unbranched alkanes of at least 4 members (excludes halogenated alkanes) is 1. The molecule has 0 saturated carbocycles. The van der Waals surface area contributed by atoms with Gasteiger partial charge in [0.05, 0.1) is 19.8 Å². The van der Waals surface area contributed by atoms with Gasteiger partial charge in [0.1, 0.15) is 0 Å². The fourth-order valence-corrected chi connectivity index (χ4v) is 2.02. The molecule has 0 aromatic rings. The molecule has 0 amide bonds. The Morgan fingerprint density at radius 2 is 1.95 bits per heavy atom. The van der Waals surface area contributed by atoms with Crippen molar-refractivity contribution in [1.29, 1.82) is 0 Å². The first-order valence-electron chi connectivity index (χ1n) is 6.98. The first-order valence-corrected chi connectivity index (χ1v) is 8.51. The van der Waals surface area contributed by atoms with E-state index in [2.05, 4.69) is 16.8 Å². The fourth-order valence-electron chi connectivity index (χ4n) is 1.62. The van der Waals surface area contributed by atoms with Gasteiger partial charge in [0, 0.05) is 13.1 Å².